The number of alkyl halides is 1. The van der Waals surface area contributed by atoms with Crippen molar-refractivity contribution in [1.29, 1.82) is 0 Å². The normalized spacial score (nSPS) is 12.6. The van der Waals surface area contributed by atoms with Crippen molar-refractivity contribution >= 4 is 34.5 Å². The predicted octanol–water partition coefficient (Wildman–Crippen LogP) is 1.17. The maximum Gasteiger partial charge on any atom is 0.332 e. The van der Waals surface area contributed by atoms with Crippen molar-refractivity contribution in [3.05, 3.63) is 56.7 Å². The van der Waals surface area contributed by atoms with Gasteiger partial charge in [-0.25, -0.2) is 9.78 Å². The molecule has 2 heterocycles. The van der Waals surface area contributed by atoms with Gasteiger partial charge in [-0.15, -0.1) is 11.6 Å². The summed E-state index contributed by atoms with van der Waals surface area (Å²) in [6.07, 6.45) is -0.682. The molecular weight excluding hydrogens is 376 g/mol. The zero-order valence-corrected chi connectivity index (χ0v) is 16.0. The molecule has 7 nitrogen and oxygen atoms in total. The number of nitrogens with zero attached hydrogens (tertiary/aromatic N) is 4. The molecule has 9 heteroatoms. The SMILES string of the molecule is Cn1c(=O)c2c(nc(SC[C@H](O)CCl)n2Cc2ccccc2)n(C)c1=O. The highest BCUT2D eigenvalue weighted by Crippen LogP contribution is 2.23. The van der Waals surface area contributed by atoms with Gasteiger partial charge in [0.05, 0.1) is 12.6 Å². The van der Waals surface area contributed by atoms with E-state index >= 15 is 0 Å². The van der Waals surface area contributed by atoms with Crippen LogP contribution in [0.5, 0.6) is 0 Å². The minimum atomic E-state index is -0.682. The fourth-order valence-electron chi connectivity index (χ4n) is 2.66. The van der Waals surface area contributed by atoms with E-state index < -0.39 is 17.4 Å². The zero-order chi connectivity index (χ0) is 18.8. The van der Waals surface area contributed by atoms with Gasteiger partial charge in [0.1, 0.15) is 0 Å². The molecule has 0 amide bonds. The Kier molecular flexibility index (Phi) is 5.55. The van der Waals surface area contributed by atoms with Crippen molar-refractivity contribution in [2.75, 3.05) is 11.6 Å². The maximum atomic E-state index is 12.7. The first-order valence-corrected chi connectivity index (χ1v) is 9.53. The molecule has 0 saturated carbocycles. The van der Waals surface area contributed by atoms with Gasteiger partial charge in [-0.1, -0.05) is 42.1 Å². The molecule has 0 saturated heterocycles. The summed E-state index contributed by atoms with van der Waals surface area (Å²) in [5, 5.41) is 10.3. The van der Waals surface area contributed by atoms with Crippen molar-refractivity contribution in [2.24, 2.45) is 14.1 Å². The van der Waals surface area contributed by atoms with Crippen molar-refractivity contribution in [2.45, 2.75) is 17.8 Å². The van der Waals surface area contributed by atoms with E-state index in [2.05, 4.69) is 4.98 Å². The molecule has 138 valence electrons. The van der Waals surface area contributed by atoms with E-state index in [0.29, 0.717) is 28.6 Å². The van der Waals surface area contributed by atoms with E-state index in [4.69, 9.17) is 11.6 Å². The van der Waals surface area contributed by atoms with Crippen molar-refractivity contribution in [1.82, 2.24) is 18.7 Å². The Morgan fingerprint density at radius 1 is 1.19 bits per heavy atom. The number of imidazole rings is 1. The van der Waals surface area contributed by atoms with Crippen LogP contribution in [0, 0.1) is 0 Å². The van der Waals surface area contributed by atoms with Crippen molar-refractivity contribution in [3.63, 3.8) is 0 Å². The van der Waals surface area contributed by atoms with Gasteiger partial charge in [0.15, 0.2) is 16.3 Å². The number of fused-ring (bicyclic) bond motifs is 1. The van der Waals surface area contributed by atoms with E-state index in [1.165, 1.54) is 23.4 Å². The van der Waals surface area contributed by atoms with Crippen molar-refractivity contribution in [3.8, 4) is 0 Å². The lowest BCUT2D eigenvalue weighted by Crippen LogP contribution is -2.37. The number of halogens is 1. The van der Waals surface area contributed by atoms with Crippen molar-refractivity contribution < 1.29 is 5.11 Å². The fraction of sp³-hybridized carbons (Fsp3) is 0.353. The number of benzene rings is 1. The van der Waals surface area contributed by atoms with E-state index in [-0.39, 0.29) is 5.88 Å². The lowest BCUT2D eigenvalue weighted by atomic mass is 10.2. The molecule has 0 aliphatic heterocycles. The molecule has 0 unspecified atom stereocenters. The number of hydrogen-bond donors (Lipinski definition) is 1. The lowest BCUT2D eigenvalue weighted by molar-refractivity contribution is 0.223. The summed E-state index contributed by atoms with van der Waals surface area (Å²) in [4.78, 5) is 29.4. The molecule has 3 rings (SSSR count). The van der Waals surface area contributed by atoms with Gasteiger partial charge in [0.2, 0.25) is 0 Å². The van der Waals surface area contributed by atoms with Crippen LogP contribution in [0.4, 0.5) is 0 Å². The number of thioether (sulfide) groups is 1. The van der Waals surface area contributed by atoms with Crippen LogP contribution in [0.15, 0.2) is 45.1 Å². The molecule has 26 heavy (non-hydrogen) atoms. The number of aromatic nitrogens is 4. The number of rotatable bonds is 6. The molecule has 0 radical (unpaired) electrons. The molecule has 3 aromatic rings. The topological polar surface area (TPSA) is 82.1 Å². The van der Waals surface area contributed by atoms with Crippen LogP contribution in [-0.4, -0.2) is 41.5 Å². The molecule has 0 spiro atoms. The third-order valence-electron chi connectivity index (χ3n) is 4.08. The van der Waals surface area contributed by atoms with Gasteiger partial charge >= 0.3 is 5.69 Å². The minimum Gasteiger partial charge on any atom is -0.391 e. The van der Waals surface area contributed by atoms with Crippen LogP contribution in [0.2, 0.25) is 0 Å². The molecule has 1 aromatic carbocycles. The molecule has 0 aliphatic rings. The first-order chi connectivity index (χ1) is 12.4. The van der Waals surface area contributed by atoms with Crippen LogP contribution in [0.25, 0.3) is 11.2 Å². The summed E-state index contributed by atoms with van der Waals surface area (Å²) in [5.41, 5.74) is 0.876. The van der Waals surface area contributed by atoms with Gasteiger partial charge in [-0.3, -0.25) is 13.9 Å². The highest BCUT2D eigenvalue weighted by molar-refractivity contribution is 7.99. The summed E-state index contributed by atoms with van der Waals surface area (Å²) in [6.45, 7) is 0.435. The Morgan fingerprint density at radius 3 is 2.54 bits per heavy atom. The highest BCUT2D eigenvalue weighted by Gasteiger charge is 2.20. The van der Waals surface area contributed by atoms with E-state index in [0.717, 1.165) is 10.1 Å². The average molecular weight is 395 g/mol. The first kappa shape index (κ1) is 18.8. The van der Waals surface area contributed by atoms with E-state index in [1.54, 1.807) is 11.6 Å². The summed E-state index contributed by atoms with van der Waals surface area (Å²) in [6, 6.07) is 9.68. The standard InChI is InChI=1S/C17H19ClN4O3S/c1-20-14-13(15(24)21(2)17(20)25)22(9-11-6-4-3-5-7-11)16(19-14)26-10-12(23)8-18/h3-7,12,23H,8-10H2,1-2H3/t12-/m1/s1. The largest absolute Gasteiger partial charge is 0.391 e. The third-order valence-corrected chi connectivity index (χ3v) is 5.56. The number of hydrogen-bond acceptors (Lipinski definition) is 5. The van der Waals surface area contributed by atoms with Crippen LogP contribution in [0.1, 0.15) is 5.56 Å². The average Bonchev–Trinajstić information content (AvgIpc) is 3.02. The van der Waals surface area contributed by atoms with Crippen LogP contribution < -0.4 is 11.2 Å². The van der Waals surface area contributed by atoms with Gasteiger partial charge in [-0.05, 0) is 5.56 Å². The summed E-state index contributed by atoms with van der Waals surface area (Å²) in [5.74, 6) is 0.460. The van der Waals surface area contributed by atoms with E-state index in [1.807, 2.05) is 30.3 Å². The van der Waals surface area contributed by atoms with Gasteiger partial charge < -0.3 is 9.67 Å². The van der Waals surface area contributed by atoms with Gasteiger partial charge in [0, 0.05) is 25.7 Å². The highest BCUT2D eigenvalue weighted by atomic mass is 35.5. The molecule has 2 aromatic heterocycles. The van der Waals surface area contributed by atoms with E-state index in [9.17, 15) is 14.7 Å². The summed E-state index contributed by atoms with van der Waals surface area (Å²) < 4.78 is 4.23. The predicted molar refractivity (Wildman–Crippen MR) is 103 cm³/mol. The Hall–Kier alpha value is -2.03. The lowest BCUT2D eigenvalue weighted by Gasteiger charge is -2.10. The van der Waals surface area contributed by atoms with Crippen LogP contribution >= 0.6 is 23.4 Å². The fourth-order valence-corrected chi connectivity index (χ4v) is 3.83. The number of aryl methyl sites for hydroxylation is 1. The molecular formula is C17H19ClN4O3S. The number of aliphatic hydroxyl groups is 1. The minimum absolute atomic E-state index is 0.117. The maximum absolute atomic E-state index is 12.7. The van der Waals surface area contributed by atoms with Crippen LogP contribution in [-0.2, 0) is 20.6 Å². The zero-order valence-electron chi connectivity index (χ0n) is 14.4. The van der Waals surface area contributed by atoms with Gasteiger partial charge in [-0.2, -0.15) is 0 Å². The second-order valence-electron chi connectivity index (χ2n) is 5.96. The summed E-state index contributed by atoms with van der Waals surface area (Å²) >= 11 is 6.98. The first-order valence-electron chi connectivity index (χ1n) is 8.01. The second-order valence-corrected chi connectivity index (χ2v) is 7.26. The molecule has 1 N–H and O–H groups in total. The monoisotopic (exact) mass is 394 g/mol. The van der Waals surface area contributed by atoms with Gasteiger partial charge in [0.25, 0.3) is 5.56 Å². The Labute approximate surface area is 158 Å². The molecule has 0 aliphatic carbocycles. The summed E-state index contributed by atoms with van der Waals surface area (Å²) in [7, 11) is 3.04. The molecule has 0 bridgehead atoms. The Morgan fingerprint density at radius 2 is 1.88 bits per heavy atom. The molecule has 1 atom stereocenters. The Balaban J connectivity index is 2.19. The smallest absolute Gasteiger partial charge is 0.332 e. The molecule has 0 fully saturated rings. The quantitative estimate of drug-likeness (QED) is 0.501. The van der Waals surface area contributed by atoms with Crippen LogP contribution in [0.3, 0.4) is 0 Å². The number of aliphatic hydroxyl groups excluding tert-OH is 1. The third kappa shape index (κ3) is 3.44. The second kappa shape index (κ2) is 7.69. The Bertz CT molecular complexity index is 1040.